The molecule has 0 atom stereocenters. The van der Waals surface area contributed by atoms with Gasteiger partial charge in [-0.05, 0) is 0 Å². The maximum Gasteiger partial charge on any atom is 0.299 e. The summed E-state index contributed by atoms with van der Waals surface area (Å²) in [6.45, 7) is 0. The van der Waals surface area contributed by atoms with E-state index in [0.717, 1.165) is 21.3 Å². The highest BCUT2D eigenvalue weighted by Crippen LogP contribution is 2.50. The predicted octanol–water partition coefficient (Wildman–Crippen LogP) is -0.573. The summed E-state index contributed by atoms with van der Waals surface area (Å²) in [5, 5.41) is 40.6. The number of rotatable bonds is 1. The number of aromatic hydroxyl groups is 4. The smallest absolute Gasteiger partial charge is 0.299 e. The summed E-state index contributed by atoms with van der Waals surface area (Å²) in [5.41, 5.74) is -6.05. The third-order valence-electron chi connectivity index (χ3n) is 4.95. The van der Waals surface area contributed by atoms with E-state index in [-0.39, 0.29) is 16.6 Å². The monoisotopic (exact) mass is 384 g/mol. The Labute approximate surface area is 154 Å². The Morgan fingerprint density at radius 1 is 0.750 bits per heavy atom. The third-order valence-corrected chi connectivity index (χ3v) is 4.95. The minimum absolute atomic E-state index is 0.00915. The average Bonchev–Trinajstić information content (AvgIpc) is 2.99. The molecule has 0 amide bonds. The molecular weight excluding hydrogens is 372 g/mol. The second-order valence-corrected chi connectivity index (χ2v) is 6.41. The molecule has 1 aliphatic heterocycles. The van der Waals surface area contributed by atoms with Crippen molar-refractivity contribution in [2.75, 3.05) is 0 Å². The zero-order chi connectivity index (χ0) is 20.7. The lowest BCUT2D eigenvalue weighted by atomic mass is 9.93. The summed E-state index contributed by atoms with van der Waals surface area (Å²) in [4.78, 5) is 49.4. The minimum atomic E-state index is -1.21. The van der Waals surface area contributed by atoms with Crippen LogP contribution in [-0.4, -0.2) is 29.6 Å². The van der Waals surface area contributed by atoms with E-state index < -0.39 is 61.7 Å². The molecule has 10 nitrogen and oxygen atoms in total. The van der Waals surface area contributed by atoms with E-state index in [2.05, 4.69) is 0 Å². The molecule has 2 aliphatic rings. The number of phenols is 2. The maximum atomic E-state index is 12.7. The first-order valence-corrected chi connectivity index (χ1v) is 7.90. The highest BCUT2D eigenvalue weighted by molar-refractivity contribution is 6.08. The van der Waals surface area contributed by atoms with E-state index in [0.29, 0.717) is 0 Å². The van der Waals surface area contributed by atoms with E-state index in [9.17, 15) is 39.6 Å². The van der Waals surface area contributed by atoms with Gasteiger partial charge in [0.05, 0.1) is 27.7 Å². The van der Waals surface area contributed by atoms with Crippen LogP contribution in [0.15, 0.2) is 31.3 Å². The second kappa shape index (κ2) is 5.22. The lowest BCUT2D eigenvalue weighted by molar-refractivity contribution is 0.383. The first-order valence-electron chi connectivity index (χ1n) is 7.90. The van der Waals surface area contributed by atoms with Gasteiger partial charge in [0.2, 0.25) is 16.7 Å². The molecule has 1 aromatic heterocycles. The van der Waals surface area contributed by atoms with E-state index in [4.69, 9.17) is 0 Å². The van der Waals surface area contributed by atoms with Gasteiger partial charge in [-0.2, -0.15) is 0 Å². The number of hydrogen-bond donors (Lipinski definition) is 4. The maximum absolute atomic E-state index is 12.7. The Bertz CT molecular complexity index is 1500. The fraction of sp³-hybridized carbons (Fsp3) is 0.111. The van der Waals surface area contributed by atoms with Gasteiger partial charge in [-0.15, -0.1) is 0 Å². The van der Waals surface area contributed by atoms with Gasteiger partial charge >= 0.3 is 0 Å². The average molecular weight is 384 g/mol. The summed E-state index contributed by atoms with van der Waals surface area (Å²) in [6.07, 6.45) is 0. The molecule has 1 aromatic carbocycles. The minimum Gasteiger partial charge on any atom is -0.504 e. The third kappa shape index (κ3) is 1.85. The summed E-state index contributed by atoms with van der Waals surface area (Å²) in [5.74, 6) is -2.99. The predicted molar refractivity (Wildman–Crippen MR) is 98.1 cm³/mol. The highest BCUT2D eigenvalue weighted by atomic mass is 16.3. The van der Waals surface area contributed by atoms with E-state index in [1.54, 1.807) is 0 Å². The molecule has 4 rings (SSSR count). The summed E-state index contributed by atoms with van der Waals surface area (Å²) >= 11 is 0. The van der Waals surface area contributed by atoms with Gasteiger partial charge in [0.25, 0.3) is 11.0 Å². The van der Waals surface area contributed by atoms with Crippen molar-refractivity contribution in [2.24, 2.45) is 14.1 Å². The largest absolute Gasteiger partial charge is 0.504 e. The van der Waals surface area contributed by atoms with Gasteiger partial charge in [0.15, 0.2) is 17.2 Å². The van der Waals surface area contributed by atoms with Gasteiger partial charge in [0, 0.05) is 31.8 Å². The SMILES string of the molecule is Cn1c2cc(=O)c(=O)c(-c3c(O)c(O)cc4c3c(O)c(O)n4C)c-2c(=O)c1=O. The Kier molecular flexibility index (Phi) is 3.23. The number of nitrogens with zero attached hydrogens (tertiary/aromatic N) is 2. The highest BCUT2D eigenvalue weighted by Gasteiger charge is 2.31. The summed E-state index contributed by atoms with van der Waals surface area (Å²) in [7, 11) is 2.58. The molecule has 0 saturated carbocycles. The Hall–Kier alpha value is -4.08. The molecule has 0 fully saturated rings. The van der Waals surface area contributed by atoms with Gasteiger partial charge in [-0.1, -0.05) is 0 Å². The molecule has 2 aromatic rings. The Balaban J connectivity index is 2.40. The lowest BCUT2D eigenvalue weighted by Gasteiger charge is -2.12. The van der Waals surface area contributed by atoms with Gasteiger partial charge in [-0.25, -0.2) is 0 Å². The number of aryl methyl sites for hydroxylation is 1. The Morgan fingerprint density at radius 3 is 2.04 bits per heavy atom. The van der Waals surface area contributed by atoms with E-state index in [1.165, 1.54) is 14.1 Å². The zero-order valence-electron chi connectivity index (χ0n) is 14.5. The van der Waals surface area contributed by atoms with Crippen molar-refractivity contribution < 1.29 is 20.4 Å². The van der Waals surface area contributed by atoms with Gasteiger partial charge in [0.1, 0.15) is 0 Å². The topological polar surface area (TPSA) is 159 Å². The van der Waals surface area contributed by atoms with Crippen molar-refractivity contribution in [1.82, 2.24) is 9.13 Å². The first-order chi connectivity index (χ1) is 13.1. The number of phenolic OH excluding ortho intramolecular Hbond substituents is 2. The number of hydrogen-bond acceptors (Lipinski definition) is 8. The van der Waals surface area contributed by atoms with Gasteiger partial charge in [-0.3, -0.25) is 19.2 Å². The molecule has 0 saturated heterocycles. The zero-order valence-corrected chi connectivity index (χ0v) is 14.5. The molecule has 4 N–H and O–H groups in total. The van der Waals surface area contributed by atoms with Crippen LogP contribution in [0.1, 0.15) is 0 Å². The molecule has 28 heavy (non-hydrogen) atoms. The summed E-state index contributed by atoms with van der Waals surface area (Å²) in [6, 6.07) is 1.86. The Morgan fingerprint density at radius 2 is 1.39 bits per heavy atom. The van der Waals surface area contributed by atoms with Crippen molar-refractivity contribution in [3.05, 3.63) is 53.2 Å². The van der Waals surface area contributed by atoms with Crippen LogP contribution in [-0.2, 0) is 14.1 Å². The van der Waals surface area contributed by atoms with Crippen molar-refractivity contribution >= 4 is 10.9 Å². The molecule has 142 valence electrons. The van der Waals surface area contributed by atoms with Crippen molar-refractivity contribution in [3.8, 4) is 45.5 Å². The molecule has 0 radical (unpaired) electrons. The van der Waals surface area contributed by atoms with Crippen LogP contribution >= 0.6 is 0 Å². The lowest BCUT2D eigenvalue weighted by Crippen LogP contribution is -2.28. The van der Waals surface area contributed by atoms with Crippen molar-refractivity contribution in [2.45, 2.75) is 0 Å². The van der Waals surface area contributed by atoms with Crippen LogP contribution in [0.4, 0.5) is 0 Å². The fourth-order valence-electron chi connectivity index (χ4n) is 3.51. The van der Waals surface area contributed by atoms with Crippen LogP contribution in [0, 0.1) is 0 Å². The first kappa shape index (κ1) is 17.3. The van der Waals surface area contributed by atoms with Crippen molar-refractivity contribution in [1.29, 1.82) is 0 Å². The standard InChI is InChI=1S/C18H12N2O8/c1-19-5-3-7(21)13(23)11(9(5)15(25)17(19)27)12-10-6(4-8(22)14(12)24)20(2)18(28)16(10)26/h3-4,21,23,25,27H,1-2H3. The number of aromatic nitrogens is 2. The molecule has 0 bridgehead atoms. The molecule has 2 heterocycles. The molecule has 0 unspecified atom stereocenters. The second-order valence-electron chi connectivity index (χ2n) is 6.41. The van der Waals surface area contributed by atoms with E-state index >= 15 is 0 Å². The van der Waals surface area contributed by atoms with Crippen LogP contribution in [0.2, 0.25) is 0 Å². The number of fused-ring (bicyclic) bond motifs is 2. The molecule has 0 spiro atoms. The van der Waals surface area contributed by atoms with Gasteiger partial charge < -0.3 is 29.6 Å². The van der Waals surface area contributed by atoms with Crippen LogP contribution in [0.25, 0.3) is 33.3 Å². The normalized spacial score (nSPS) is 11.6. The van der Waals surface area contributed by atoms with E-state index in [1.807, 2.05) is 0 Å². The molecular formula is C18H12N2O8. The van der Waals surface area contributed by atoms with Crippen LogP contribution < -0.4 is 21.8 Å². The molecule has 1 aliphatic carbocycles. The number of benzene rings is 2. The fourth-order valence-corrected chi connectivity index (χ4v) is 3.51. The van der Waals surface area contributed by atoms with Crippen LogP contribution in [0.5, 0.6) is 23.1 Å². The summed E-state index contributed by atoms with van der Waals surface area (Å²) < 4.78 is 1.96. The van der Waals surface area contributed by atoms with Crippen LogP contribution in [0.3, 0.4) is 0 Å². The quantitative estimate of drug-likeness (QED) is 0.251. The van der Waals surface area contributed by atoms with Crippen molar-refractivity contribution in [3.63, 3.8) is 0 Å². The molecule has 10 heteroatoms.